The van der Waals surface area contributed by atoms with Crippen molar-refractivity contribution in [3.05, 3.63) is 54.7 Å². The summed E-state index contributed by atoms with van der Waals surface area (Å²) in [6, 6.07) is 11.1. The van der Waals surface area contributed by atoms with Gasteiger partial charge in [-0.2, -0.15) is 13.2 Å². The van der Waals surface area contributed by atoms with E-state index in [4.69, 9.17) is 0 Å². The molecule has 0 N–H and O–H groups in total. The van der Waals surface area contributed by atoms with Crippen molar-refractivity contribution >= 4 is 54.5 Å². The van der Waals surface area contributed by atoms with Gasteiger partial charge in [0.2, 0.25) is 5.66 Å². The molecule has 1 aromatic carbocycles. The fourth-order valence-electron chi connectivity index (χ4n) is 2.71. The fourth-order valence-corrected chi connectivity index (χ4v) is 5.53. The van der Waals surface area contributed by atoms with Crippen molar-refractivity contribution in [3.8, 4) is 20.9 Å². The Bertz CT molecular complexity index is 1050. The van der Waals surface area contributed by atoms with Crippen LogP contribution in [0.5, 0.6) is 0 Å². The molecule has 134 valence electrons. The van der Waals surface area contributed by atoms with Crippen LogP contribution in [0.25, 0.3) is 20.9 Å². The number of halogens is 5. The predicted molar refractivity (Wildman–Crippen MR) is 105 cm³/mol. The molecule has 2 aromatic heterocycles. The second kappa shape index (κ2) is 6.25. The van der Waals surface area contributed by atoms with E-state index in [9.17, 15) is 13.2 Å². The van der Waals surface area contributed by atoms with Crippen LogP contribution in [0.4, 0.5) is 13.2 Å². The minimum Gasteiger partial charge on any atom is -0.243 e. The second-order valence-corrected chi connectivity index (χ2v) is 10.7. The van der Waals surface area contributed by atoms with Crippen LogP contribution in [0.3, 0.4) is 0 Å². The summed E-state index contributed by atoms with van der Waals surface area (Å²) in [5.74, 6) is 0. The first kappa shape index (κ1) is 18.3. The molecular formula is C17H9Br2F3N2S2. The zero-order valence-electron chi connectivity index (χ0n) is 13.1. The molecule has 9 heteroatoms. The summed E-state index contributed by atoms with van der Waals surface area (Å²) in [5.41, 5.74) is -1.15. The third-order valence-electron chi connectivity index (χ3n) is 4.02. The van der Waals surface area contributed by atoms with Crippen LogP contribution in [0, 0.1) is 0 Å². The highest BCUT2D eigenvalue weighted by Gasteiger charge is 2.53. The Morgan fingerprint density at radius 3 is 1.54 bits per heavy atom. The van der Waals surface area contributed by atoms with Crippen LogP contribution in [-0.2, 0) is 0 Å². The van der Waals surface area contributed by atoms with E-state index in [1.165, 1.54) is 22.7 Å². The Labute approximate surface area is 171 Å². The molecule has 0 saturated heterocycles. The maximum absolute atomic E-state index is 13.6. The van der Waals surface area contributed by atoms with Crippen molar-refractivity contribution in [2.45, 2.75) is 18.8 Å². The van der Waals surface area contributed by atoms with E-state index in [2.05, 4.69) is 41.8 Å². The van der Waals surface area contributed by atoms with Gasteiger partial charge in [0.25, 0.3) is 0 Å². The molecule has 0 amide bonds. The molecule has 3 heterocycles. The summed E-state index contributed by atoms with van der Waals surface area (Å²) in [4.78, 5) is 9.74. The number of benzene rings is 1. The van der Waals surface area contributed by atoms with E-state index >= 15 is 0 Å². The summed E-state index contributed by atoms with van der Waals surface area (Å²) in [5, 5.41) is 0.586. The number of rotatable bonds is 2. The molecule has 0 radical (unpaired) electrons. The Kier molecular flexibility index (Phi) is 4.41. The summed E-state index contributed by atoms with van der Waals surface area (Å²) in [6.07, 6.45) is -4.56. The van der Waals surface area contributed by atoms with Crippen LogP contribution >= 0.6 is 54.5 Å². The van der Waals surface area contributed by atoms with Gasteiger partial charge in [0.1, 0.15) is 0 Å². The molecule has 0 atom stereocenters. The maximum atomic E-state index is 13.6. The average molecular weight is 522 g/mol. The summed E-state index contributed by atoms with van der Waals surface area (Å²) in [6.45, 7) is 1.01. The number of alkyl halides is 3. The van der Waals surface area contributed by atoms with E-state index in [1.807, 2.05) is 36.4 Å². The van der Waals surface area contributed by atoms with Crippen molar-refractivity contribution in [3.63, 3.8) is 0 Å². The van der Waals surface area contributed by atoms with Gasteiger partial charge in [-0.05, 0) is 63.0 Å². The molecule has 1 aliphatic rings. The van der Waals surface area contributed by atoms with Crippen LogP contribution < -0.4 is 10.7 Å². The highest BCUT2D eigenvalue weighted by atomic mass is 79.9. The molecular weight excluding hydrogens is 513 g/mol. The summed E-state index contributed by atoms with van der Waals surface area (Å²) >= 11 is 9.70. The molecule has 3 aromatic rings. The molecule has 0 fully saturated rings. The molecule has 0 saturated carbocycles. The van der Waals surface area contributed by atoms with Crippen LogP contribution in [0.2, 0.25) is 0 Å². The first-order valence-corrected chi connectivity index (χ1v) is 10.6. The van der Waals surface area contributed by atoms with E-state index in [-0.39, 0.29) is 0 Å². The molecule has 2 nitrogen and oxygen atoms in total. The zero-order valence-corrected chi connectivity index (χ0v) is 17.9. The summed E-state index contributed by atoms with van der Waals surface area (Å²) in [7, 11) is 0. The molecule has 0 spiro atoms. The van der Waals surface area contributed by atoms with Gasteiger partial charge in [0.15, 0.2) is 0 Å². The van der Waals surface area contributed by atoms with Crippen molar-refractivity contribution in [2.75, 3.05) is 0 Å². The number of nitrogens with zero attached hydrogens (tertiary/aromatic N) is 2. The monoisotopic (exact) mass is 520 g/mol. The first-order valence-electron chi connectivity index (χ1n) is 7.39. The number of fused-ring (bicyclic) bond motifs is 1. The van der Waals surface area contributed by atoms with Crippen molar-refractivity contribution in [1.29, 1.82) is 0 Å². The van der Waals surface area contributed by atoms with E-state index in [1.54, 1.807) is 0 Å². The lowest BCUT2D eigenvalue weighted by molar-refractivity contribution is -0.177. The van der Waals surface area contributed by atoms with Gasteiger partial charge in [-0.1, -0.05) is 12.1 Å². The van der Waals surface area contributed by atoms with Gasteiger partial charge in [0.05, 0.1) is 18.3 Å². The van der Waals surface area contributed by atoms with E-state index < -0.39 is 11.8 Å². The fraction of sp³-hybridized carbons (Fsp3) is 0.176. The normalized spacial score (nSPS) is 15.5. The minimum absolute atomic E-state index is 0.293. The molecule has 1 aliphatic heterocycles. The summed E-state index contributed by atoms with van der Waals surface area (Å²) < 4.78 is 42.6. The van der Waals surface area contributed by atoms with Gasteiger partial charge >= 0.3 is 6.18 Å². The van der Waals surface area contributed by atoms with Gasteiger partial charge in [0, 0.05) is 20.9 Å². The van der Waals surface area contributed by atoms with Gasteiger partial charge < -0.3 is 0 Å². The van der Waals surface area contributed by atoms with Gasteiger partial charge in [-0.15, -0.1) is 22.7 Å². The Balaban J connectivity index is 2.04. The number of hydrogen-bond donors (Lipinski definition) is 0. The molecule has 0 unspecified atom stereocenters. The van der Waals surface area contributed by atoms with Crippen molar-refractivity contribution in [2.24, 2.45) is 9.98 Å². The zero-order chi connectivity index (χ0) is 18.7. The van der Waals surface area contributed by atoms with Gasteiger partial charge in [-0.3, -0.25) is 0 Å². The Morgan fingerprint density at radius 2 is 1.23 bits per heavy atom. The lowest BCUT2D eigenvalue weighted by atomic mass is 10.1. The highest BCUT2D eigenvalue weighted by molar-refractivity contribution is 9.11. The number of hydrogen-bond acceptors (Lipinski definition) is 4. The lowest BCUT2D eigenvalue weighted by Gasteiger charge is -2.20. The van der Waals surface area contributed by atoms with Crippen molar-refractivity contribution in [1.82, 2.24) is 0 Å². The lowest BCUT2D eigenvalue weighted by Crippen LogP contribution is -2.37. The quantitative estimate of drug-likeness (QED) is 0.383. The van der Waals surface area contributed by atoms with E-state index in [0.717, 1.165) is 24.3 Å². The van der Waals surface area contributed by atoms with E-state index in [0.29, 0.717) is 21.8 Å². The van der Waals surface area contributed by atoms with Crippen LogP contribution in [-0.4, -0.2) is 11.8 Å². The predicted octanol–water partition coefficient (Wildman–Crippen LogP) is 6.20. The Hall–Kier alpha value is -1.03. The van der Waals surface area contributed by atoms with Crippen LogP contribution in [0.15, 0.2) is 54.0 Å². The SMILES string of the molecule is CC1(C(F)(F)F)N=c2c(-c3ccc(Br)s3)ccc(-c3ccc(Br)s3)c2=N1. The maximum Gasteiger partial charge on any atom is 0.433 e. The first-order chi connectivity index (χ1) is 12.2. The largest absolute Gasteiger partial charge is 0.433 e. The molecule has 0 aliphatic carbocycles. The number of thiophene rings is 2. The smallest absolute Gasteiger partial charge is 0.243 e. The Morgan fingerprint density at radius 1 is 0.808 bits per heavy atom. The third-order valence-corrected chi connectivity index (χ3v) is 7.34. The molecule has 4 rings (SSSR count). The third kappa shape index (κ3) is 2.98. The van der Waals surface area contributed by atoms with Crippen LogP contribution in [0.1, 0.15) is 6.92 Å². The topological polar surface area (TPSA) is 24.7 Å². The van der Waals surface area contributed by atoms with Gasteiger partial charge in [-0.25, -0.2) is 9.98 Å². The molecule has 0 bridgehead atoms. The standard InChI is InChI=1S/C17H9Br2F3N2S2/c1-16(17(20,21)22)23-14-8(10-4-6-12(18)25-10)2-3-9(15(14)24-16)11-5-7-13(19)26-11/h2-7H,1H3. The second-order valence-electron chi connectivity index (χ2n) is 5.81. The average Bonchev–Trinajstić information content (AvgIpc) is 3.24. The highest BCUT2D eigenvalue weighted by Crippen LogP contribution is 2.38. The minimum atomic E-state index is -4.56. The van der Waals surface area contributed by atoms with Crippen molar-refractivity contribution < 1.29 is 13.2 Å². The molecule has 26 heavy (non-hydrogen) atoms.